The summed E-state index contributed by atoms with van der Waals surface area (Å²) in [4.78, 5) is 11.0. The lowest BCUT2D eigenvalue weighted by molar-refractivity contribution is -0.137. The number of carbonyl (C=O) groups excluding carboxylic acids is 1. The van der Waals surface area contributed by atoms with Crippen molar-refractivity contribution in [1.29, 1.82) is 5.26 Å². The maximum absolute atomic E-state index is 13.5. The average Bonchev–Trinajstić information content (AvgIpc) is 2.53. The summed E-state index contributed by atoms with van der Waals surface area (Å²) >= 11 is 0. The fourth-order valence-corrected chi connectivity index (χ4v) is 2.90. The molecule has 0 saturated heterocycles. The van der Waals surface area contributed by atoms with E-state index in [9.17, 15) is 30.8 Å². The molecule has 0 saturated carbocycles. The first-order valence-electron chi connectivity index (χ1n) is 6.49. The predicted molar refractivity (Wildman–Crippen MR) is 77.2 cm³/mol. The van der Waals surface area contributed by atoms with Gasteiger partial charge in [-0.15, -0.1) is 0 Å². The lowest BCUT2D eigenvalue weighted by Gasteiger charge is -2.12. The van der Waals surface area contributed by atoms with E-state index in [0.717, 1.165) is 18.2 Å². The van der Waals surface area contributed by atoms with E-state index in [-0.39, 0.29) is 6.07 Å². The van der Waals surface area contributed by atoms with Gasteiger partial charge in [0.25, 0.3) is 15.9 Å². The van der Waals surface area contributed by atoms with Crippen molar-refractivity contribution in [2.24, 2.45) is 0 Å². The second-order valence-corrected chi connectivity index (χ2v) is 6.41. The van der Waals surface area contributed by atoms with Crippen LogP contribution in [0.5, 0.6) is 0 Å². The van der Waals surface area contributed by atoms with Gasteiger partial charge in [-0.3, -0.25) is 4.79 Å². The molecule has 0 spiro atoms. The van der Waals surface area contributed by atoms with E-state index < -0.39 is 49.5 Å². The number of amides is 1. The van der Waals surface area contributed by atoms with Gasteiger partial charge in [-0.2, -0.15) is 18.4 Å². The summed E-state index contributed by atoms with van der Waals surface area (Å²) in [6.07, 6.45) is -4.97. The topological polar surface area (TPSA) is 87.0 Å². The summed E-state index contributed by atoms with van der Waals surface area (Å²) < 4.78 is 77.9. The molecular formula is C15H8F4N2O3S. The Kier molecular flexibility index (Phi) is 4.80. The van der Waals surface area contributed by atoms with E-state index in [4.69, 9.17) is 5.26 Å². The number of hydrogen-bond donors (Lipinski definition) is 1. The first-order chi connectivity index (χ1) is 11.6. The molecule has 10 heteroatoms. The Morgan fingerprint density at radius 3 is 2.32 bits per heavy atom. The number of nitrogens with one attached hydrogen (secondary N) is 1. The Hall–Kier alpha value is -2.93. The molecule has 0 atom stereocenters. The number of benzene rings is 2. The largest absolute Gasteiger partial charge is 0.417 e. The number of rotatable bonds is 3. The molecule has 0 heterocycles. The van der Waals surface area contributed by atoms with Crippen LogP contribution in [0, 0.1) is 17.1 Å². The van der Waals surface area contributed by atoms with E-state index in [1.54, 1.807) is 0 Å². The highest BCUT2D eigenvalue weighted by Gasteiger charge is 2.35. The normalized spacial score (nSPS) is 11.6. The summed E-state index contributed by atoms with van der Waals surface area (Å²) in [6, 6.07) is 7.44. The molecule has 0 unspecified atom stereocenters. The molecule has 2 aromatic rings. The van der Waals surface area contributed by atoms with Crippen LogP contribution in [-0.2, 0) is 16.2 Å². The molecule has 1 amide bonds. The molecule has 0 aromatic heterocycles. The lowest BCUT2D eigenvalue weighted by Crippen LogP contribution is -2.31. The van der Waals surface area contributed by atoms with Gasteiger partial charge in [-0.1, -0.05) is 12.1 Å². The summed E-state index contributed by atoms with van der Waals surface area (Å²) in [5.74, 6) is -2.33. The van der Waals surface area contributed by atoms with Gasteiger partial charge < -0.3 is 0 Å². The quantitative estimate of drug-likeness (QED) is 0.840. The first-order valence-corrected chi connectivity index (χ1v) is 7.97. The smallest absolute Gasteiger partial charge is 0.268 e. The molecule has 0 aliphatic rings. The number of nitrogens with zero attached hydrogens (tertiary/aromatic N) is 1. The van der Waals surface area contributed by atoms with Crippen molar-refractivity contribution in [3.63, 3.8) is 0 Å². The lowest BCUT2D eigenvalue weighted by atomic mass is 10.1. The van der Waals surface area contributed by atoms with Crippen LogP contribution in [0.15, 0.2) is 47.4 Å². The van der Waals surface area contributed by atoms with Crippen LogP contribution in [0.3, 0.4) is 0 Å². The second-order valence-electron chi connectivity index (χ2n) is 4.73. The summed E-state index contributed by atoms with van der Waals surface area (Å²) in [5.41, 5.74) is -2.82. The van der Waals surface area contributed by atoms with Crippen LogP contribution in [0.2, 0.25) is 0 Å². The van der Waals surface area contributed by atoms with E-state index in [0.29, 0.717) is 6.07 Å². The fourth-order valence-electron chi connectivity index (χ4n) is 1.90. The van der Waals surface area contributed by atoms with Crippen LogP contribution in [0.1, 0.15) is 21.5 Å². The second kappa shape index (κ2) is 6.52. The van der Waals surface area contributed by atoms with E-state index in [2.05, 4.69) is 0 Å². The molecule has 0 fully saturated rings. The monoisotopic (exact) mass is 372 g/mol. The highest BCUT2D eigenvalue weighted by molar-refractivity contribution is 7.90. The Balaban J connectivity index is 2.43. The minimum Gasteiger partial charge on any atom is -0.268 e. The van der Waals surface area contributed by atoms with Crippen molar-refractivity contribution >= 4 is 15.9 Å². The molecule has 5 nitrogen and oxygen atoms in total. The maximum atomic E-state index is 13.5. The summed E-state index contributed by atoms with van der Waals surface area (Å²) in [6.45, 7) is 0. The molecule has 130 valence electrons. The zero-order chi connectivity index (χ0) is 18.8. The number of nitriles is 1. The SMILES string of the molecule is N#Cc1ccc(S(=O)(=O)NC(=O)c2ccccc2F)cc1C(F)(F)F. The molecule has 0 aliphatic carbocycles. The zero-order valence-electron chi connectivity index (χ0n) is 12.1. The minimum atomic E-state index is -4.97. The highest BCUT2D eigenvalue weighted by atomic mass is 32.2. The zero-order valence-corrected chi connectivity index (χ0v) is 13.0. The number of sulfonamides is 1. The van der Waals surface area contributed by atoms with Crippen molar-refractivity contribution in [2.45, 2.75) is 11.1 Å². The third-order valence-electron chi connectivity index (χ3n) is 3.07. The van der Waals surface area contributed by atoms with Gasteiger partial charge >= 0.3 is 6.18 Å². The van der Waals surface area contributed by atoms with Gasteiger partial charge in [-0.05, 0) is 30.3 Å². The third-order valence-corrected chi connectivity index (χ3v) is 4.40. The van der Waals surface area contributed by atoms with Gasteiger partial charge in [0.2, 0.25) is 0 Å². The molecule has 2 rings (SSSR count). The number of hydrogen-bond acceptors (Lipinski definition) is 4. The molecule has 0 radical (unpaired) electrons. The fraction of sp³-hybridized carbons (Fsp3) is 0.0667. The van der Waals surface area contributed by atoms with Crippen molar-refractivity contribution in [3.05, 3.63) is 65.0 Å². The van der Waals surface area contributed by atoms with Crippen LogP contribution in [0.25, 0.3) is 0 Å². The van der Waals surface area contributed by atoms with Gasteiger partial charge in [0, 0.05) is 0 Å². The Bertz CT molecular complexity index is 979. The molecular weight excluding hydrogens is 364 g/mol. The number of carbonyl (C=O) groups is 1. The average molecular weight is 372 g/mol. The van der Waals surface area contributed by atoms with Gasteiger partial charge in [0.1, 0.15) is 5.82 Å². The molecule has 0 bridgehead atoms. The van der Waals surface area contributed by atoms with E-state index in [1.165, 1.54) is 22.9 Å². The van der Waals surface area contributed by atoms with Crippen molar-refractivity contribution in [2.75, 3.05) is 0 Å². The first kappa shape index (κ1) is 18.4. The molecule has 25 heavy (non-hydrogen) atoms. The molecule has 0 aliphatic heterocycles. The van der Waals surface area contributed by atoms with Crippen LogP contribution < -0.4 is 4.72 Å². The van der Waals surface area contributed by atoms with Gasteiger partial charge in [0.05, 0.1) is 27.7 Å². The molecule has 1 N–H and O–H groups in total. The van der Waals surface area contributed by atoms with Crippen LogP contribution in [0.4, 0.5) is 17.6 Å². The standard InChI is InChI=1S/C15H8F4N2O3S/c16-13-4-2-1-3-11(13)14(22)21-25(23,24)10-6-5-9(8-20)12(7-10)15(17,18)19/h1-7H,(H,21,22). The van der Waals surface area contributed by atoms with E-state index >= 15 is 0 Å². The Morgan fingerprint density at radius 1 is 1.12 bits per heavy atom. The number of alkyl halides is 3. The Labute approximate surface area is 139 Å². The van der Waals surface area contributed by atoms with Crippen molar-refractivity contribution in [1.82, 2.24) is 4.72 Å². The summed E-state index contributed by atoms with van der Waals surface area (Å²) in [7, 11) is -4.71. The Morgan fingerprint density at radius 2 is 1.76 bits per heavy atom. The number of halogens is 4. The maximum Gasteiger partial charge on any atom is 0.417 e. The minimum absolute atomic E-state index is 0.232. The van der Waals surface area contributed by atoms with Crippen molar-refractivity contribution in [3.8, 4) is 6.07 Å². The van der Waals surface area contributed by atoms with Crippen LogP contribution >= 0.6 is 0 Å². The third kappa shape index (κ3) is 3.95. The molecule has 2 aromatic carbocycles. The van der Waals surface area contributed by atoms with Crippen LogP contribution in [-0.4, -0.2) is 14.3 Å². The highest BCUT2D eigenvalue weighted by Crippen LogP contribution is 2.33. The van der Waals surface area contributed by atoms with E-state index in [1.807, 2.05) is 0 Å². The van der Waals surface area contributed by atoms with Gasteiger partial charge in [-0.25, -0.2) is 17.5 Å². The predicted octanol–water partition coefficient (Wildman–Crippen LogP) is 2.83. The van der Waals surface area contributed by atoms with Gasteiger partial charge in [0.15, 0.2) is 0 Å². The van der Waals surface area contributed by atoms with Crippen molar-refractivity contribution < 1.29 is 30.8 Å². The summed E-state index contributed by atoms with van der Waals surface area (Å²) in [5, 5.41) is 8.69.